The standard InChI is InChI=1S/C17H14Cl2O2/c18-15-9-16(19)11-17(10-15)21-12-14-7-2-1-5-13(14)6-3-4-8-20/h1-2,5,7,9-11,20H,4,8,12H2. The van der Waals surface area contributed by atoms with Gasteiger partial charge in [-0.2, -0.15) is 0 Å². The van der Waals surface area contributed by atoms with Crippen molar-refractivity contribution >= 4 is 23.2 Å². The zero-order chi connectivity index (χ0) is 15.1. The van der Waals surface area contributed by atoms with Gasteiger partial charge in [-0.3, -0.25) is 0 Å². The molecule has 0 radical (unpaired) electrons. The van der Waals surface area contributed by atoms with E-state index in [0.717, 1.165) is 11.1 Å². The Morgan fingerprint density at radius 3 is 2.48 bits per heavy atom. The number of aliphatic hydroxyl groups excluding tert-OH is 1. The van der Waals surface area contributed by atoms with Gasteiger partial charge in [-0.15, -0.1) is 0 Å². The summed E-state index contributed by atoms with van der Waals surface area (Å²) >= 11 is 11.9. The highest BCUT2D eigenvalue weighted by atomic mass is 35.5. The highest BCUT2D eigenvalue weighted by molar-refractivity contribution is 6.34. The van der Waals surface area contributed by atoms with Gasteiger partial charge in [0, 0.05) is 27.6 Å². The van der Waals surface area contributed by atoms with Gasteiger partial charge >= 0.3 is 0 Å². The van der Waals surface area contributed by atoms with Crippen LogP contribution in [-0.2, 0) is 6.61 Å². The summed E-state index contributed by atoms with van der Waals surface area (Å²) in [7, 11) is 0. The molecule has 0 atom stereocenters. The SMILES string of the molecule is OCCC#Cc1ccccc1COc1cc(Cl)cc(Cl)c1. The van der Waals surface area contributed by atoms with Gasteiger partial charge in [-0.25, -0.2) is 0 Å². The van der Waals surface area contributed by atoms with Crippen molar-refractivity contribution in [1.29, 1.82) is 0 Å². The summed E-state index contributed by atoms with van der Waals surface area (Å²) in [6, 6.07) is 12.8. The first kappa shape index (κ1) is 15.7. The zero-order valence-corrected chi connectivity index (χ0v) is 12.8. The lowest BCUT2D eigenvalue weighted by atomic mass is 10.1. The second-order valence-electron chi connectivity index (χ2n) is 4.33. The third-order valence-electron chi connectivity index (χ3n) is 2.71. The monoisotopic (exact) mass is 320 g/mol. The predicted octanol–water partition coefficient (Wildman–Crippen LogP) is 4.31. The lowest BCUT2D eigenvalue weighted by Gasteiger charge is -2.09. The molecule has 2 rings (SSSR count). The molecule has 2 nitrogen and oxygen atoms in total. The first-order valence-electron chi connectivity index (χ1n) is 6.45. The maximum Gasteiger partial charge on any atom is 0.122 e. The molecule has 108 valence electrons. The Morgan fingerprint density at radius 2 is 1.76 bits per heavy atom. The largest absolute Gasteiger partial charge is 0.489 e. The number of hydrogen-bond donors (Lipinski definition) is 1. The molecule has 0 amide bonds. The molecule has 0 saturated heterocycles. The van der Waals surface area contributed by atoms with E-state index in [1.807, 2.05) is 24.3 Å². The quantitative estimate of drug-likeness (QED) is 0.851. The van der Waals surface area contributed by atoms with E-state index in [-0.39, 0.29) is 6.61 Å². The Balaban J connectivity index is 2.11. The summed E-state index contributed by atoms with van der Waals surface area (Å²) < 4.78 is 5.71. The molecule has 0 fully saturated rings. The molecule has 0 aliphatic rings. The van der Waals surface area contributed by atoms with E-state index < -0.39 is 0 Å². The van der Waals surface area contributed by atoms with Crippen molar-refractivity contribution in [2.75, 3.05) is 6.61 Å². The second kappa shape index (κ2) is 7.95. The van der Waals surface area contributed by atoms with Crippen molar-refractivity contribution in [3.63, 3.8) is 0 Å². The number of hydrogen-bond acceptors (Lipinski definition) is 2. The van der Waals surface area contributed by atoms with E-state index in [1.165, 1.54) is 0 Å². The lowest BCUT2D eigenvalue weighted by molar-refractivity contribution is 0.305. The number of rotatable bonds is 4. The van der Waals surface area contributed by atoms with E-state index in [0.29, 0.717) is 28.8 Å². The molecular weight excluding hydrogens is 307 g/mol. The van der Waals surface area contributed by atoms with Gasteiger partial charge in [0.05, 0.1) is 6.61 Å². The van der Waals surface area contributed by atoms with Gasteiger partial charge in [0.1, 0.15) is 12.4 Å². The fourth-order valence-electron chi connectivity index (χ4n) is 1.75. The molecule has 0 spiro atoms. The molecule has 0 aliphatic carbocycles. The highest BCUT2D eigenvalue weighted by Crippen LogP contribution is 2.25. The minimum atomic E-state index is 0.0622. The summed E-state index contributed by atoms with van der Waals surface area (Å²) in [4.78, 5) is 0. The van der Waals surface area contributed by atoms with Crippen molar-refractivity contribution < 1.29 is 9.84 Å². The molecule has 2 aromatic carbocycles. The Labute approximate surface area is 134 Å². The van der Waals surface area contributed by atoms with Crippen LogP contribution in [0.25, 0.3) is 0 Å². The minimum absolute atomic E-state index is 0.0622. The van der Waals surface area contributed by atoms with Crippen LogP contribution in [-0.4, -0.2) is 11.7 Å². The van der Waals surface area contributed by atoms with E-state index in [9.17, 15) is 0 Å². The van der Waals surface area contributed by atoms with E-state index >= 15 is 0 Å². The van der Waals surface area contributed by atoms with Crippen LogP contribution in [0.4, 0.5) is 0 Å². The fraction of sp³-hybridized carbons (Fsp3) is 0.176. The summed E-state index contributed by atoms with van der Waals surface area (Å²) in [5.74, 6) is 6.56. The summed E-state index contributed by atoms with van der Waals surface area (Å²) in [5.41, 5.74) is 1.86. The Hall–Kier alpha value is -1.66. The molecule has 0 aliphatic heterocycles. The van der Waals surface area contributed by atoms with Crippen LogP contribution in [0, 0.1) is 11.8 Å². The Morgan fingerprint density at radius 1 is 1.05 bits per heavy atom. The van der Waals surface area contributed by atoms with Crippen LogP contribution in [0.2, 0.25) is 10.0 Å². The number of ether oxygens (including phenoxy) is 1. The molecule has 2 aromatic rings. The number of halogens is 2. The van der Waals surface area contributed by atoms with Gasteiger partial charge in [0.15, 0.2) is 0 Å². The maximum absolute atomic E-state index is 8.77. The van der Waals surface area contributed by atoms with Gasteiger partial charge in [-0.1, -0.05) is 53.2 Å². The number of benzene rings is 2. The Bertz CT molecular complexity index is 652. The van der Waals surface area contributed by atoms with Crippen LogP contribution in [0.15, 0.2) is 42.5 Å². The molecule has 0 unspecified atom stereocenters. The highest BCUT2D eigenvalue weighted by Gasteiger charge is 2.03. The fourth-order valence-corrected chi connectivity index (χ4v) is 2.26. The van der Waals surface area contributed by atoms with Crippen LogP contribution >= 0.6 is 23.2 Å². The molecular formula is C17H14Cl2O2. The van der Waals surface area contributed by atoms with Gasteiger partial charge < -0.3 is 9.84 Å². The van der Waals surface area contributed by atoms with Gasteiger partial charge in [-0.05, 0) is 24.3 Å². The predicted molar refractivity (Wildman–Crippen MR) is 85.8 cm³/mol. The van der Waals surface area contributed by atoms with Crippen molar-refractivity contribution in [1.82, 2.24) is 0 Å². The maximum atomic E-state index is 8.77. The summed E-state index contributed by atoms with van der Waals surface area (Å²) in [6.45, 7) is 0.438. The molecule has 21 heavy (non-hydrogen) atoms. The van der Waals surface area contributed by atoms with E-state index in [1.54, 1.807) is 18.2 Å². The van der Waals surface area contributed by atoms with Crippen LogP contribution in [0.5, 0.6) is 5.75 Å². The van der Waals surface area contributed by atoms with Crippen LogP contribution < -0.4 is 4.74 Å². The van der Waals surface area contributed by atoms with Crippen LogP contribution in [0.3, 0.4) is 0 Å². The van der Waals surface area contributed by atoms with E-state index in [4.69, 9.17) is 33.0 Å². The zero-order valence-electron chi connectivity index (χ0n) is 11.3. The number of aliphatic hydroxyl groups is 1. The van der Waals surface area contributed by atoms with Gasteiger partial charge in [0.2, 0.25) is 0 Å². The molecule has 0 bridgehead atoms. The summed E-state index contributed by atoms with van der Waals surface area (Å²) in [6.07, 6.45) is 0.457. The van der Waals surface area contributed by atoms with Crippen molar-refractivity contribution in [2.45, 2.75) is 13.0 Å². The molecule has 4 heteroatoms. The topological polar surface area (TPSA) is 29.5 Å². The molecule has 0 heterocycles. The van der Waals surface area contributed by atoms with Crippen molar-refractivity contribution in [2.24, 2.45) is 0 Å². The van der Waals surface area contributed by atoms with Crippen molar-refractivity contribution in [3.05, 3.63) is 63.6 Å². The molecule has 0 aromatic heterocycles. The third kappa shape index (κ3) is 4.99. The smallest absolute Gasteiger partial charge is 0.122 e. The molecule has 0 saturated carbocycles. The minimum Gasteiger partial charge on any atom is -0.489 e. The van der Waals surface area contributed by atoms with Gasteiger partial charge in [0.25, 0.3) is 0 Å². The average Bonchev–Trinajstić information content (AvgIpc) is 2.45. The normalized spacial score (nSPS) is 9.86. The third-order valence-corrected chi connectivity index (χ3v) is 3.14. The van der Waals surface area contributed by atoms with E-state index in [2.05, 4.69) is 11.8 Å². The van der Waals surface area contributed by atoms with Crippen molar-refractivity contribution in [3.8, 4) is 17.6 Å². The average molecular weight is 321 g/mol. The van der Waals surface area contributed by atoms with Crippen LogP contribution in [0.1, 0.15) is 17.5 Å². The summed E-state index contributed by atoms with van der Waals surface area (Å²) in [5, 5.41) is 9.84. The lowest BCUT2D eigenvalue weighted by Crippen LogP contribution is -1.98. The Kier molecular flexibility index (Phi) is 5.95. The second-order valence-corrected chi connectivity index (χ2v) is 5.20. The molecule has 1 N–H and O–H groups in total. The first-order valence-corrected chi connectivity index (χ1v) is 7.21. The first-order chi connectivity index (χ1) is 10.2.